The maximum Gasteiger partial charge on any atom is 0.338 e. The predicted molar refractivity (Wildman–Crippen MR) is 74.9 cm³/mol. The van der Waals surface area contributed by atoms with Crippen LogP contribution in [0.4, 0.5) is 4.39 Å². The minimum atomic E-state index is -1.26. The fourth-order valence-corrected chi connectivity index (χ4v) is 2.88. The quantitative estimate of drug-likeness (QED) is 0.854. The maximum atomic E-state index is 13.2. The molecule has 0 saturated carbocycles. The molecular formula is C13H9BrFNO2S. The summed E-state index contributed by atoms with van der Waals surface area (Å²) in [5, 5.41) is 9.66. The molecule has 2 aromatic rings. The Bertz CT molecular complexity index is 621. The van der Waals surface area contributed by atoms with Gasteiger partial charge in [-0.15, -0.1) is 11.8 Å². The lowest BCUT2D eigenvalue weighted by Gasteiger charge is -2.05. The molecule has 0 unspecified atom stereocenters. The second-order valence-electron chi connectivity index (χ2n) is 3.70. The molecule has 3 nitrogen and oxygen atoms in total. The Morgan fingerprint density at radius 3 is 2.89 bits per heavy atom. The zero-order chi connectivity index (χ0) is 13.8. The largest absolute Gasteiger partial charge is 0.478 e. The summed E-state index contributed by atoms with van der Waals surface area (Å²) in [5.41, 5.74) is 0.430. The van der Waals surface area contributed by atoms with Crippen LogP contribution in [0.3, 0.4) is 0 Å². The van der Waals surface area contributed by atoms with Crippen LogP contribution in [-0.2, 0) is 5.75 Å². The van der Waals surface area contributed by atoms with Crippen molar-refractivity contribution in [3.05, 3.63) is 57.9 Å². The van der Waals surface area contributed by atoms with E-state index in [9.17, 15) is 9.18 Å². The molecule has 0 aliphatic carbocycles. The van der Waals surface area contributed by atoms with Gasteiger partial charge in [0.15, 0.2) is 0 Å². The Kier molecular flexibility index (Phi) is 4.55. The van der Waals surface area contributed by atoms with Crippen LogP contribution < -0.4 is 0 Å². The lowest BCUT2D eigenvalue weighted by molar-refractivity contribution is 0.0692. The average molecular weight is 342 g/mol. The molecule has 2 rings (SSSR count). The number of pyridine rings is 1. The summed E-state index contributed by atoms with van der Waals surface area (Å²) in [4.78, 5) is 15.0. The van der Waals surface area contributed by atoms with Crippen molar-refractivity contribution in [1.29, 1.82) is 0 Å². The molecule has 0 aliphatic rings. The summed E-state index contributed by atoms with van der Waals surface area (Å²) in [5.74, 6) is -1.46. The van der Waals surface area contributed by atoms with Gasteiger partial charge in [0.1, 0.15) is 10.8 Å². The van der Waals surface area contributed by atoms with Gasteiger partial charge in [-0.25, -0.2) is 14.2 Å². The molecule has 1 aromatic carbocycles. The maximum absolute atomic E-state index is 13.2. The lowest BCUT2D eigenvalue weighted by Crippen LogP contribution is -2.01. The highest BCUT2D eigenvalue weighted by Gasteiger charge is 2.11. The van der Waals surface area contributed by atoms with E-state index in [0.29, 0.717) is 5.75 Å². The fraction of sp³-hybridized carbons (Fsp3) is 0.0769. The van der Waals surface area contributed by atoms with Crippen LogP contribution in [-0.4, -0.2) is 16.1 Å². The average Bonchev–Trinajstić information content (AvgIpc) is 2.39. The Labute approximate surface area is 122 Å². The van der Waals surface area contributed by atoms with E-state index in [0.717, 1.165) is 15.1 Å². The van der Waals surface area contributed by atoms with Gasteiger partial charge in [-0.1, -0.05) is 6.07 Å². The highest BCUT2D eigenvalue weighted by molar-refractivity contribution is 9.10. The molecule has 0 spiro atoms. The molecule has 98 valence electrons. The molecule has 0 fully saturated rings. The van der Waals surface area contributed by atoms with Gasteiger partial charge in [0.2, 0.25) is 0 Å². The van der Waals surface area contributed by atoms with Crippen LogP contribution in [0.2, 0.25) is 0 Å². The smallest absolute Gasteiger partial charge is 0.338 e. The molecule has 1 N–H and O–H groups in total. The van der Waals surface area contributed by atoms with Gasteiger partial charge < -0.3 is 5.11 Å². The Hall–Kier alpha value is -1.40. The fourth-order valence-electron chi connectivity index (χ4n) is 1.46. The SMILES string of the molecule is O=C(O)c1cc(CSc2ncccc2Br)ccc1F. The molecule has 0 radical (unpaired) electrons. The van der Waals surface area contributed by atoms with E-state index < -0.39 is 11.8 Å². The number of aromatic carboxylic acids is 1. The van der Waals surface area contributed by atoms with Crippen molar-refractivity contribution >= 4 is 33.7 Å². The van der Waals surface area contributed by atoms with Gasteiger partial charge in [-0.2, -0.15) is 0 Å². The molecule has 0 aliphatic heterocycles. The summed E-state index contributed by atoms with van der Waals surface area (Å²) in [6, 6.07) is 7.79. The zero-order valence-electron chi connectivity index (χ0n) is 9.64. The standard InChI is InChI=1S/C13H9BrFNO2S/c14-10-2-1-5-16-12(10)19-7-8-3-4-11(15)9(6-8)13(17)18/h1-6H,7H2,(H,17,18). The van der Waals surface area contributed by atoms with Crippen molar-refractivity contribution in [3.8, 4) is 0 Å². The highest BCUT2D eigenvalue weighted by atomic mass is 79.9. The normalized spacial score (nSPS) is 10.4. The van der Waals surface area contributed by atoms with Crippen LogP contribution in [0.15, 0.2) is 46.0 Å². The number of hydrogen-bond acceptors (Lipinski definition) is 3. The summed E-state index contributed by atoms with van der Waals surface area (Å²) >= 11 is 4.83. The molecule has 19 heavy (non-hydrogen) atoms. The van der Waals surface area contributed by atoms with E-state index >= 15 is 0 Å². The third kappa shape index (κ3) is 3.54. The van der Waals surface area contributed by atoms with E-state index in [4.69, 9.17) is 5.11 Å². The molecule has 6 heteroatoms. The van der Waals surface area contributed by atoms with Crippen molar-refractivity contribution in [1.82, 2.24) is 4.98 Å². The van der Waals surface area contributed by atoms with E-state index in [-0.39, 0.29) is 5.56 Å². The number of rotatable bonds is 4. The first-order valence-corrected chi connectivity index (χ1v) is 7.11. The number of hydrogen-bond donors (Lipinski definition) is 1. The van der Waals surface area contributed by atoms with Crippen LogP contribution in [0, 0.1) is 5.82 Å². The van der Waals surface area contributed by atoms with Crippen molar-refractivity contribution in [3.63, 3.8) is 0 Å². The third-order valence-electron chi connectivity index (χ3n) is 2.36. The van der Waals surface area contributed by atoms with Gasteiger partial charge in [-0.05, 0) is 45.8 Å². The van der Waals surface area contributed by atoms with Gasteiger partial charge in [0.25, 0.3) is 0 Å². The van der Waals surface area contributed by atoms with Crippen molar-refractivity contribution in [2.24, 2.45) is 0 Å². The first-order chi connectivity index (χ1) is 9.08. The second kappa shape index (κ2) is 6.16. The molecular weight excluding hydrogens is 333 g/mol. The number of halogens is 2. The number of carboxylic acids is 1. The van der Waals surface area contributed by atoms with E-state index in [2.05, 4.69) is 20.9 Å². The van der Waals surface area contributed by atoms with Gasteiger partial charge in [-0.3, -0.25) is 0 Å². The van der Waals surface area contributed by atoms with Gasteiger partial charge in [0.05, 0.1) is 5.56 Å². The third-order valence-corrected chi connectivity index (χ3v) is 4.34. The number of thioether (sulfide) groups is 1. The first-order valence-electron chi connectivity index (χ1n) is 5.33. The van der Waals surface area contributed by atoms with E-state index in [1.54, 1.807) is 12.3 Å². The van der Waals surface area contributed by atoms with Gasteiger partial charge in [0, 0.05) is 16.4 Å². The van der Waals surface area contributed by atoms with Crippen LogP contribution in [0.5, 0.6) is 0 Å². The van der Waals surface area contributed by atoms with Crippen molar-refractivity contribution < 1.29 is 14.3 Å². The number of carboxylic acid groups (broad SMARTS) is 1. The number of carbonyl (C=O) groups is 1. The lowest BCUT2D eigenvalue weighted by atomic mass is 10.1. The molecule has 0 saturated heterocycles. The summed E-state index contributed by atoms with van der Waals surface area (Å²) in [6.07, 6.45) is 1.68. The molecule has 0 amide bonds. The minimum absolute atomic E-state index is 0.307. The summed E-state index contributed by atoms with van der Waals surface area (Å²) in [6.45, 7) is 0. The van der Waals surface area contributed by atoms with Gasteiger partial charge >= 0.3 is 5.97 Å². The Morgan fingerprint density at radius 1 is 1.42 bits per heavy atom. The zero-order valence-corrected chi connectivity index (χ0v) is 12.0. The number of aromatic nitrogens is 1. The molecule has 1 aromatic heterocycles. The monoisotopic (exact) mass is 341 g/mol. The topological polar surface area (TPSA) is 50.2 Å². The van der Waals surface area contributed by atoms with Crippen molar-refractivity contribution in [2.45, 2.75) is 10.8 Å². The van der Waals surface area contributed by atoms with Crippen LogP contribution in [0.1, 0.15) is 15.9 Å². The first kappa shape index (κ1) is 14.0. The number of nitrogens with zero attached hydrogens (tertiary/aromatic N) is 1. The highest BCUT2D eigenvalue weighted by Crippen LogP contribution is 2.28. The summed E-state index contributed by atoms with van der Waals surface area (Å²) in [7, 11) is 0. The summed E-state index contributed by atoms with van der Waals surface area (Å²) < 4.78 is 14.1. The Morgan fingerprint density at radius 2 is 2.21 bits per heavy atom. The predicted octanol–water partition coefficient (Wildman–Crippen LogP) is 3.97. The van der Waals surface area contributed by atoms with E-state index in [1.165, 1.54) is 23.9 Å². The molecule has 1 heterocycles. The molecule has 0 bridgehead atoms. The number of benzene rings is 1. The molecule has 0 atom stereocenters. The van der Waals surface area contributed by atoms with E-state index in [1.807, 2.05) is 12.1 Å². The Balaban J connectivity index is 2.14. The van der Waals surface area contributed by atoms with Crippen LogP contribution in [0.25, 0.3) is 0 Å². The van der Waals surface area contributed by atoms with Crippen molar-refractivity contribution in [2.75, 3.05) is 0 Å². The minimum Gasteiger partial charge on any atom is -0.478 e. The van der Waals surface area contributed by atoms with Crippen LogP contribution >= 0.6 is 27.7 Å². The second-order valence-corrected chi connectivity index (χ2v) is 5.52.